The van der Waals surface area contributed by atoms with Gasteiger partial charge in [0.25, 0.3) is 0 Å². The summed E-state index contributed by atoms with van der Waals surface area (Å²) in [5, 5.41) is 13.9. The second-order valence-corrected chi connectivity index (χ2v) is 4.91. The van der Waals surface area contributed by atoms with Crippen molar-refractivity contribution in [2.45, 2.75) is 25.4 Å². The molecule has 3 heteroatoms. The molecule has 0 saturated heterocycles. The molecule has 66 valence electrons. The summed E-state index contributed by atoms with van der Waals surface area (Å²) in [6.45, 7) is 0. The Morgan fingerprint density at radius 1 is 1.50 bits per heavy atom. The van der Waals surface area contributed by atoms with Crippen molar-refractivity contribution < 1.29 is 5.11 Å². The topological polar surface area (TPSA) is 20.2 Å². The van der Waals surface area contributed by atoms with E-state index in [1.165, 1.54) is 19.3 Å². The molecule has 2 rings (SSSR count). The van der Waals surface area contributed by atoms with Gasteiger partial charge in [0.1, 0.15) is 0 Å². The summed E-state index contributed by atoms with van der Waals surface area (Å²) in [5.41, 5.74) is 1.07. The van der Waals surface area contributed by atoms with Gasteiger partial charge in [-0.25, -0.2) is 0 Å². The molecule has 1 N–H and O–H groups in total. The molecule has 0 aromatic carbocycles. The van der Waals surface area contributed by atoms with E-state index in [0.717, 1.165) is 10.0 Å². The largest absolute Gasteiger partial charge is 0.388 e. The minimum atomic E-state index is -0.237. The minimum Gasteiger partial charge on any atom is -0.388 e. The molecule has 1 nitrogen and oxygen atoms in total. The molecule has 0 amide bonds. The SMILES string of the molecule is OC(c1cscc1Br)C1CCC1. The van der Waals surface area contributed by atoms with Crippen LogP contribution in [-0.4, -0.2) is 5.11 Å². The summed E-state index contributed by atoms with van der Waals surface area (Å²) in [6, 6.07) is 0. The van der Waals surface area contributed by atoms with Crippen molar-refractivity contribution in [1.82, 2.24) is 0 Å². The number of halogens is 1. The summed E-state index contributed by atoms with van der Waals surface area (Å²) in [5.74, 6) is 0.510. The number of hydrogen-bond acceptors (Lipinski definition) is 2. The lowest BCUT2D eigenvalue weighted by Gasteiger charge is -2.30. The van der Waals surface area contributed by atoms with E-state index in [1.807, 2.05) is 10.8 Å². The predicted octanol–water partition coefficient (Wildman–Crippen LogP) is 3.34. The fourth-order valence-corrected chi connectivity index (χ4v) is 3.07. The highest BCUT2D eigenvalue weighted by molar-refractivity contribution is 9.10. The summed E-state index contributed by atoms with van der Waals surface area (Å²) >= 11 is 5.08. The zero-order valence-corrected chi connectivity index (χ0v) is 9.07. The molecule has 0 spiro atoms. The lowest BCUT2D eigenvalue weighted by atomic mass is 9.79. The molecule has 1 fully saturated rings. The first-order valence-corrected chi connectivity index (χ1v) is 5.92. The maximum Gasteiger partial charge on any atom is 0.0837 e. The highest BCUT2D eigenvalue weighted by Crippen LogP contribution is 2.40. The Labute approximate surface area is 84.6 Å². The van der Waals surface area contributed by atoms with Crippen LogP contribution in [0.15, 0.2) is 15.2 Å². The monoisotopic (exact) mass is 246 g/mol. The molecular formula is C9H11BrOS. The Hall–Kier alpha value is 0.140. The smallest absolute Gasteiger partial charge is 0.0837 e. The first kappa shape index (κ1) is 8.73. The lowest BCUT2D eigenvalue weighted by molar-refractivity contribution is 0.0619. The summed E-state index contributed by atoms with van der Waals surface area (Å²) in [6.07, 6.45) is 3.41. The van der Waals surface area contributed by atoms with Crippen LogP contribution in [0.5, 0.6) is 0 Å². The molecule has 12 heavy (non-hydrogen) atoms. The molecule has 1 saturated carbocycles. The Balaban J connectivity index is 2.13. The molecule has 0 aliphatic heterocycles. The zero-order chi connectivity index (χ0) is 8.55. The standard InChI is InChI=1S/C9H11BrOS/c10-8-5-12-4-7(8)9(11)6-2-1-3-6/h4-6,9,11H,1-3H2. The van der Waals surface area contributed by atoms with E-state index >= 15 is 0 Å². The van der Waals surface area contributed by atoms with Crippen LogP contribution in [-0.2, 0) is 0 Å². The van der Waals surface area contributed by atoms with E-state index < -0.39 is 0 Å². The zero-order valence-electron chi connectivity index (χ0n) is 6.66. The van der Waals surface area contributed by atoms with Gasteiger partial charge >= 0.3 is 0 Å². The van der Waals surface area contributed by atoms with Gasteiger partial charge in [0.2, 0.25) is 0 Å². The van der Waals surface area contributed by atoms with Crippen LogP contribution in [0.3, 0.4) is 0 Å². The van der Waals surface area contributed by atoms with Crippen molar-refractivity contribution in [1.29, 1.82) is 0 Å². The molecule has 1 atom stereocenters. The number of thiophene rings is 1. The fourth-order valence-electron chi connectivity index (χ4n) is 1.51. The van der Waals surface area contributed by atoms with Crippen molar-refractivity contribution in [2.24, 2.45) is 5.92 Å². The Morgan fingerprint density at radius 3 is 2.67 bits per heavy atom. The second-order valence-electron chi connectivity index (χ2n) is 3.31. The lowest BCUT2D eigenvalue weighted by Crippen LogP contribution is -2.19. The van der Waals surface area contributed by atoms with Crippen molar-refractivity contribution >= 4 is 27.3 Å². The van der Waals surface area contributed by atoms with Crippen LogP contribution in [0.25, 0.3) is 0 Å². The molecule has 1 heterocycles. The average molecular weight is 247 g/mol. The van der Waals surface area contributed by atoms with E-state index in [1.54, 1.807) is 11.3 Å². The Bertz CT molecular complexity index is 267. The first-order valence-electron chi connectivity index (χ1n) is 4.18. The van der Waals surface area contributed by atoms with Crippen LogP contribution < -0.4 is 0 Å². The second kappa shape index (κ2) is 3.48. The number of hydrogen-bond donors (Lipinski definition) is 1. The van der Waals surface area contributed by atoms with Gasteiger partial charge < -0.3 is 5.11 Å². The highest BCUT2D eigenvalue weighted by atomic mass is 79.9. The van der Waals surface area contributed by atoms with Gasteiger partial charge in [-0.1, -0.05) is 6.42 Å². The van der Waals surface area contributed by atoms with Crippen LogP contribution in [0, 0.1) is 5.92 Å². The molecular weight excluding hydrogens is 236 g/mol. The van der Waals surface area contributed by atoms with Gasteiger partial charge in [-0.05, 0) is 40.1 Å². The Kier molecular flexibility index (Phi) is 2.53. The maximum atomic E-state index is 9.89. The summed E-state index contributed by atoms with van der Waals surface area (Å²) in [4.78, 5) is 0. The van der Waals surface area contributed by atoms with Gasteiger partial charge in [-0.2, -0.15) is 11.3 Å². The number of aliphatic hydroxyl groups excluding tert-OH is 1. The average Bonchev–Trinajstić information content (AvgIpc) is 2.31. The third-order valence-electron chi connectivity index (χ3n) is 2.56. The fraction of sp³-hybridized carbons (Fsp3) is 0.556. The van der Waals surface area contributed by atoms with E-state index in [4.69, 9.17) is 0 Å². The van der Waals surface area contributed by atoms with Gasteiger partial charge in [0, 0.05) is 15.4 Å². The maximum absolute atomic E-state index is 9.89. The van der Waals surface area contributed by atoms with E-state index in [0.29, 0.717) is 5.92 Å². The molecule has 0 radical (unpaired) electrons. The summed E-state index contributed by atoms with van der Waals surface area (Å²) < 4.78 is 1.06. The molecule has 0 bridgehead atoms. The molecule has 1 aliphatic rings. The van der Waals surface area contributed by atoms with Crippen LogP contribution >= 0.6 is 27.3 Å². The number of rotatable bonds is 2. The van der Waals surface area contributed by atoms with E-state index in [-0.39, 0.29) is 6.10 Å². The van der Waals surface area contributed by atoms with Crippen molar-refractivity contribution in [3.05, 3.63) is 20.8 Å². The van der Waals surface area contributed by atoms with E-state index in [9.17, 15) is 5.11 Å². The van der Waals surface area contributed by atoms with Gasteiger partial charge in [-0.15, -0.1) is 0 Å². The quantitative estimate of drug-likeness (QED) is 0.849. The molecule has 1 aromatic rings. The molecule has 1 unspecified atom stereocenters. The molecule has 1 aromatic heterocycles. The predicted molar refractivity (Wildman–Crippen MR) is 54.3 cm³/mol. The third-order valence-corrected chi connectivity index (χ3v) is 4.31. The highest BCUT2D eigenvalue weighted by Gasteiger charge is 2.28. The normalized spacial score (nSPS) is 20.5. The molecule has 1 aliphatic carbocycles. The van der Waals surface area contributed by atoms with Crippen molar-refractivity contribution in [2.75, 3.05) is 0 Å². The number of aliphatic hydroxyl groups is 1. The Morgan fingerprint density at radius 2 is 2.25 bits per heavy atom. The van der Waals surface area contributed by atoms with Gasteiger partial charge in [-0.3, -0.25) is 0 Å². The van der Waals surface area contributed by atoms with Crippen LogP contribution in [0.4, 0.5) is 0 Å². The van der Waals surface area contributed by atoms with Crippen molar-refractivity contribution in [3.8, 4) is 0 Å². The van der Waals surface area contributed by atoms with Crippen LogP contribution in [0.2, 0.25) is 0 Å². The van der Waals surface area contributed by atoms with Crippen molar-refractivity contribution in [3.63, 3.8) is 0 Å². The minimum absolute atomic E-state index is 0.237. The van der Waals surface area contributed by atoms with Crippen LogP contribution in [0.1, 0.15) is 30.9 Å². The first-order chi connectivity index (χ1) is 5.79. The third kappa shape index (κ3) is 1.45. The van der Waals surface area contributed by atoms with Gasteiger partial charge in [0.05, 0.1) is 6.10 Å². The van der Waals surface area contributed by atoms with E-state index in [2.05, 4.69) is 15.9 Å². The van der Waals surface area contributed by atoms with Gasteiger partial charge in [0.15, 0.2) is 0 Å². The summed E-state index contributed by atoms with van der Waals surface area (Å²) in [7, 11) is 0.